The number of rotatable bonds is 5. The van der Waals surface area contributed by atoms with E-state index in [4.69, 9.17) is 9.15 Å². The second-order valence-corrected chi connectivity index (χ2v) is 7.27. The molecule has 1 aliphatic rings. The van der Waals surface area contributed by atoms with Gasteiger partial charge in [0.2, 0.25) is 0 Å². The highest BCUT2D eigenvalue weighted by molar-refractivity contribution is 5.94. The molecule has 1 aromatic carbocycles. The Hall–Kier alpha value is -3.19. The minimum absolute atomic E-state index is 0.0717. The van der Waals surface area contributed by atoms with Crippen LogP contribution in [0.25, 0.3) is 5.69 Å². The molecular formula is C22H23N3O4. The predicted octanol–water partition coefficient (Wildman–Crippen LogP) is 3.26. The van der Waals surface area contributed by atoms with Crippen LogP contribution >= 0.6 is 0 Å². The third-order valence-corrected chi connectivity index (χ3v) is 5.10. The molecule has 7 nitrogen and oxygen atoms in total. The van der Waals surface area contributed by atoms with Gasteiger partial charge in [-0.25, -0.2) is 9.48 Å². The number of nitrogens with zero attached hydrogens (tertiary/aromatic N) is 3. The first kappa shape index (κ1) is 19.1. The van der Waals surface area contributed by atoms with Gasteiger partial charge in [-0.15, -0.1) is 0 Å². The Morgan fingerprint density at radius 3 is 2.72 bits per heavy atom. The van der Waals surface area contributed by atoms with Crippen molar-refractivity contribution in [2.75, 3.05) is 13.7 Å². The minimum atomic E-state index is -0.610. The molecule has 1 saturated heterocycles. The maximum atomic E-state index is 12.9. The van der Waals surface area contributed by atoms with Gasteiger partial charge in [0.15, 0.2) is 0 Å². The van der Waals surface area contributed by atoms with Crippen LogP contribution in [0.5, 0.6) is 0 Å². The first-order valence-electron chi connectivity index (χ1n) is 9.63. The molecule has 4 rings (SSSR count). The molecule has 3 aromatic rings. The summed E-state index contributed by atoms with van der Waals surface area (Å²) in [5.41, 5.74) is 1.96. The largest absolute Gasteiger partial charge is 0.424 e. The van der Waals surface area contributed by atoms with E-state index in [0.717, 1.165) is 24.1 Å². The molecule has 0 radical (unpaired) electrons. The smallest absolute Gasteiger partial charge is 0.349 e. The highest BCUT2D eigenvalue weighted by Crippen LogP contribution is 2.28. The van der Waals surface area contributed by atoms with Crippen molar-refractivity contribution >= 4 is 5.91 Å². The van der Waals surface area contributed by atoms with Crippen LogP contribution in [0.15, 0.2) is 58.0 Å². The first-order chi connectivity index (χ1) is 14.0. The summed E-state index contributed by atoms with van der Waals surface area (Å²) in [6.45, 7) is 2.80. The fourth-order valence-electron chi connectivity index (χ4n) is 3.56. The molecular weight excluding hydrogens is 370 g/mol. The highest BCUT2D eigenvalue weighted by atomic mass is 16.5. The van der Waals surface area contributed by atoms with Crippen LogP contribution in [0.3, 0.4) is 0 Å². The molecule has 3 heterocycles. The minimum Gasteiger partial charge on any atom is -0.424 e. The summed E-state index contributed by atoms with van der Waals surface area (Å²) < 4.78 is 12.8. The van der Waals surface area contributed by atoms with E-state index >= 15 is 0 Å². The zero-order valence-electron chi connectivity index (χ0n) is 16.5. The molecule has 0 aliphatic carbocycles. The molecule has 1 aliphatic heterocycles. The number of aromatic nitrogens is 2. The van der Waals surface area contributed by atoms with Gasteiger partial charge in [-0.3, -0.25) is 4.79 Å². The van der Waals surface area contributed by atoms with Crippen LogP contribution in [0.1, 0.15) is 46.2 Å². The number of benzene rings is 1. The zero-order valence-corrected chi connectivity index (χ0v) is 16.5. The molecule has 2 aromatic heterocycles. The lowest BCUT2D eigenvalue weighted by atomic mass is 10.1. The Bertz CT molecular complexity index is 1050. The molecule has 7 heteroatoms. The Kier molecular flexibility index (Phi) is 5.31. The lowest BCUT2D eigenvalue weighted by molar-refractivity contribution is 0.0767. The van der Waals surface area contributed by atoms with E-state index in [1.54, 1.807) is 30.9 Å². The topological polar surface area (TPSA) is 77.6 Å². The number of amides is 1. The van der Waals surface area contributed by atoms with Crippen molar-refractivity contribution < 1.29 is 13.9 Å². The van der Waals surface area contributed by atoms with Crippen molar-refractivity contribution in [3.05, 3.63) is 81.7 Å². The van der Waals surface area contributed by atoms with Crippen LogP contribution in [-0.4, -0.2) is 34.2 Å². The fourth-order valence-corrected chi connectivity index (χ4v) is 3.56. The van der Waals surface area contributed by atoms with Crippen molar-refractivity contribution in [3.8, 4) is 5.69 Å². The molecule has 0 N–H and O–H groups in total. The quantitative estimate of drug-likeness (QED) is 0.665. The molecule has 0 spiro atoms. The summed E-state index contributed by atoms with van der Waals surface area (Å²) >= 11 is 0. The zero-order chi connectivity index (χ0) is 20.4. The first-order valence-corrected chi connectivity index (χ1v) is 9.63. The second kappa shape index (κ2) is 8.05. The van der Waals surface area contributed by atoms with E-state index < -0.39 is 5.63 Å². The van der Waals surface area contributed by atoms with Crippen LogP contribution < -0.4 is 5.63 Å². The van der Waals surface area contributed by atoms with Gasteiger partial charge >= 0.3 is 5.63 Å². The monoisotopic (exact) mass is 393 g/mol. The van der Waals surface area contributed by atoms with E-state index in [9.17, 15) is 9.59 Å². The van der Waals surface area contributed by atoms with Crippen molar-refractivity contribution in [3.63, 3.8) is 0 Å². The molecule has 1 atom stereocenters. The molecule has 1 amide bonds. The molecule has 1 unspecified atom stereocenters. The second-order valence-electron chi connectivity index (χ2n) is 7.27. The Morgan fingerprint density at radius 2 is 2.10 bits per heavy atom. The fraction of sp³-hybridized carbons (Fsp3) is 0.318. The van der Waals surface area contributed by atoms with Gasteiger partial charge in [0.1, 0.15) is 17.4 Å². The highest BCUT2D eigenvalue weighted by Gasteiger charge is 2.25. The van der Waals surface area contributed by atoms with Crippen molar-refractivity contribution in [2.24, 2.45) is 0 Å². The molecule has 0 saturated carbocycles. The van der Waals surface area contributed by atoms with Crippen molar-refractivity contribution in [2.45, 2.75) is 32.4 Å². The van der Waals surface area contributed by atoms with E-state index in [2.05, 4.69) is 5.10 Å². The van der Waals surface area contributed by atoms with Crippen molar-refractivity contribution in [1.82, 2.24) is 14.7 Å². The predicted molar refractivity (Wildman–Crippen MR) is 107 cm³/mol. The molecule has 29 heavy (non-hydrogen) atoms. The molecule has 0 bridgehead atoms. The van der Waals surface area contributed by atoms with Crippen molar-refractivity contribution in [1.29, 1.82) is 0 Å². The number of carbonyl (C=O) groups is 1. The summed E-state index contributed by atoms with van der Waals surface area (Å²) in [4.78, 5) is 26.9. The summed E-state index contributed by atoms with van der Waals surface area (Å²) in [7, 11) is 1.68. The van der Waals surface area contributed by atoms with Crippen LogP contribution in [-0.2, 0) is 11.3 Å². The Labute approximate surface area is 168 Å². The van der Waals surface area contributed by atoms with E-state index in [-0.39, 0.29) is 17.6 Å². The average Bonchev–Trinajstić information content (AvgIpc) is 3.42. The maximum Gasteiger partial charge on any atom is 0.349 e. The average molecular weight is 393 g/mol. The number of hydrogen-bond donors (Lipinski definition) is 0. The van der Waals surface area contributed by atoms with Gasteiger partial charge in [-0.1, -0.05) is 12.1 Å². The van der Waals surface area contributed by atoms with Crippen LogP contribution in [0.4, 0.5) is 0 Å². The lowest BCUT2D eigenvalue weighted by Gasteiger charge is -2.18. The molecule has 1 fully saturated rings. The third-order valence-electron chi connectivity index (χ3n) is 5.10. The van der Waals surface area contributed by atoms with E-state index in [1.807, 2.05) is 36.5 Å². The Balaban J connectivity index is 1.49. The SMILES string of the molecule is Cc1cc(C2CCCO2)oc(=O)c1C(=O)N(C)Cc1ccc(-n2cccn2)cc1. The Morgan fingerprint density at radius 1 is 1.31 bits per heavy atom. The van der Waals surface area contributed by atoms with Gasteiger partial charge < -0.3 is 14.1 Å². The number of hydrogen-bond acceptors (Lipinski definition) is 5. The summed E-state index contributed by atoms with van der Waals surface area (Å²) in [5.74, 6) is 0.143. The standard InChI is InChI=1S/C22H23N3O4/c1-15-13-19(18-5-3-12-28-18)29-22(27)20(15)21(26)24(2)14-16-6-8-17(9-7-16)25-11-4-10-23-25/h4,6-11,13,18H,3,5,12,14H2,1-2H3. The van der Waals surface area contributed by atoms with E-state index in [0.29, 0.717) is 24.5 Å². The summed E-state index contributed by atoms with van der Waals surface area (Å²) in [6, 6.07) is 11.4. The number of carbonyl (C=O) groups excluding carboxylic acids is 1. The summed E-state index contributed by atoms with van der Waals surface area (Å²) in [6.07, 6.45) is 5.16. The normalized spacial score (nSPS) is 16.1. The van der Waals surface area contributed by atoms with Gasteiger partial charge in [-0.05, 0) is 55.2 Å². The summed E-state index contributed by atoms with van der Waals surface area (Å²) in [5, 5.41) is 4.20. The van der Waals surface area contributed by atoms with Gasteiger partial charge in [0.25, 0.3) is 5.91 Å². The molecule has 150 valence electrons. The van der Waals surface area contributed by atoms with Crippen LogP contribution in [0.2, 0.25) is 0 Å². The van der Waals surface area contributed by atoms with Crippen LogP contribution in [0, 0.1) is 6.92 Å². The lowest BCUT2D eigenvalue weighted by Crippen LogP contribution is -2.31. The number of ether oxygens (including phenoxy) is 1. The maximum absolute atomic E-state index is 12.9. The van der Waals surface area contributed by atoms with Gasteiger partial charge in [-0.2, -0.15) is 5.10 Å². The van der Waals surface area contributed by atoms with Gasteiger partial charge in [0.05, 0.1) is 5.69 Å². The third kappa shape index (κ3) is 4.00. The van der Waals surface area contributed by atoms with E-state index in [1.165, 1.54) is 4.90 Å². The van der Waals surface area contributed by atoms with Gasteiger partial charge in [0, 0.05) is 32.6 Å². The number of aryl methyl sites for hydroxylation is 1.